The van der Waals surface area contributed by atoms with Crippen molar-refractivity contribution in [1.29, 1.82) is 0 Å². The number of ether oxygens (including phenoxy) is 1. The van der Waals surface area contributed by atoms with Crippen LogP contribution in [0.4, 0.5) is 0 Å². The predicted molar refractivity (Wildman–Crippen MR) is 134 cm³/mol. The number of aliphatic hydroxyl groups is 4. The Bertz CT molecular complexity index is 911. The highest BCUT2D eigenvalue weighted by atomic mass is 16.5. The summed E-state index contributed by atoms with van der Waals surface area (Å²) in [7, 11) is 0. The van der Waals surface area contributed by atoms with Gasteiger partial charge in [-0.3, -0.25) is 0 Å². The second-order valence-electron chi connectivity index (χ2n) is 15.9. The molecule has 5 heteroatoms. The molecule has 5 nitrogen and oxygen atoms in total. The van der Waals surface area contributed by atoms with Gasteiger partial charge < -0.3 is 25.2 Å². The van der Waals surface area contributed by atoms with E-state index in [0.29, 0.717) is 5.92 Å². The van der Waals surface area contributed by atoms with Crippen molar-refractivity contribution in [3.05, 3.63) is 0 Å². The Kier molecular flexibility index (Phi) is 4.92. The van der Waals surface area contributed by atoms with Crippen molar-refractivity contribution in [2.45, 2.75) is 142 Å². The van der Waals surface area contributed by atoms with Gasteiger partial charge in [0.1, 0.15) is 0 Å². The van der Waals surface area contributed by atoms with Crippen LogP contribution in [0.5, 0.6) is 0 Å². The zero-order chi connectivity index (χ0) is 25.6. The normalized spacial score (nSPS) is 60.9. The SMILES string of the molecule is CC1(C2[C@@H](O)C[C@@]3(C)[C@@H]4C[C@H](O)[C@H]5C(C)(C)[C@@H](O)CC[C@@]56C[C@@]46CC[C@]23C)CC[C@@H](C(C)(C)O)O1. The molecule has 0 aromatic heterocycles. The molecular formula is C30H50O5. The molecule has 1 heterocycles. The minimum absolute atomic E-state index is 0.0267. The van der Waals surface area contributed by atoms with E-state index in [-0.39, 0.29) is 51.1 Å². The molecule has 0 amide bonds. The first kappa shape index (κ1) is 25.1. The highest BCUT2D eigenvalue weighted by Crippen LogP contribution is 2.89. The van der Waals surface area contributed by atoms with E-state index in [1.807, 2.05) is 13.8 Å². The minimum Gasteiger partial charge on any atom is -0.393 e. The van der Waals surface area contributed by atoms with Gasteiger partial charge in [0.2, 0.25) is 0 Å². The molecule has 6 aliphatic rings. The van der Waals surface area contributed by atoms with Crippen LogP contribution < -0.4 is 0 Å². The summed E-state index contributed by atoms with van der Waals surface area (Å²) in [5, 5.41) is 45.0. The van der Waals surface area contributed by atoms with Crippen LogP contribution in [0.1, 0.15) is 106 Å². The molecule has 0 radical (unpaired) electrons. The lowest BCUT2D eigenvalue weighted by Gasteiger charge is -2.64. The first-order chi connectivity index (χ1) is 16.0. The molecule has 6 fully saturated rings. The van der Waals surface area contributed by atoms with Gasteiger partial charge in [0.05, 0.1) is 35.6 Å². The Morgan fingerprint density at radius 3 is 2.09 bits per heavy atom. The van der Waals surface area contributed by atoms with Gasteiger partial charge in [-0.15, -0.1) is 0 Å². The van der Waals surface area contributed by atoms with Crippen molar-refractivity contribution in [3.8, 4) is 0 Å². The molecule has 0 aromatic carbocycles. The van der Waals surface area contributed by atoms with E-state index in [1.54, 1.807) is 0 Å². The summed E-state index contributed by atoms with van der Waals surface area (Å²) in [4.78, 5) is 0. The van der Waals surface area contributed by atoms with Gasteiger partial charge in [0.15, 0.2) is 0 Å². The number of aliphatic hydroxyl groups excluding tert-OH is 3. The maximum absolute atomic E-state index is 11.7. The topological polar surface area (TPSA) is 90.2 Å². The monoisotopic (exact) mass is 490 g/mol. The lowest BCUT2D eigenvalue weighted by molar-refractivity contribution is -0.213. The molecule has 4 N–H and O–H groups in total. The highest BCUT2D eigenvalue weighted by Gasteiger charge is 2.84. The summed E-state index contributed by atoms with van der Waals surface area (Å²) in [6.07, 6.45) is 7.18. The zero-order valence-electron chi connectivity index (χ0n) is 23.1. The van der Waals surface area contributed by atoms with E-state index >= 15 is 0 Å². The molecule has 0 bridgehead atoms. The third-order valence-corrected chi connectivity index (χ3v) is 13.8. The Labute approximate surface area is 212 Å². The van der Waals surface area contributed by atoms with Gasteiger partial charge in [-0.25, -0.2) is 0 Å². The van der Waals surface area contributed by atoms with E-state index < -0.39 is 23.4 Å². The van der Waals surface area contributed by atoms with E-state index in [0.717, 1.165) is 51.4 Å². The Balaban J connectivity index is 1.37. The highest BCUT2D eigenvalue weighted by molar-refractivity contribution is 5.33. The molecule has 6 rings (SSSR count). The minimum atomic E-state index is -0.886. The molecule has 2 unspecified atom stereocenters. The van der Waals surface area contributed by atoms with Crippen LogP contribution in [-0.2, 0) is 4.74 Å². The van der Waals surface area contributed by atoms with Crippen molar-refractivity contribution < 1.29 is 25.2 Å². The molecule has 1 saturated heterocycles. The van der Waals surface area contributed by atoms with Crippen LogP contribution >= 0.6 is 0 Å². The Morgan fingerprint density at radius 1 is 0.771 bits per heavy atom. The molecule has 35 heavy (non-hydrogen) atoms. The number of hydrogen-bond acceptors (Lipinski definition) is 5. The van der Waals surface area contributed by atoms with Gasteiger partial charge >= 0.3 is 0 Å². The average molecular weight is 491 g/mol. The Hall–Kier alpha value is -0.200. The van der Waals surface area contributed by atoms with Gasteiger partial charge in [0.25, 0.3) is 0 Å². The number of hydrogen-bond donors (Lipinski definition) is 4. The zero-order valence-corrected chi connectivity index (χ0v) is 23.1. The van der Waals surface area contributed by atoms with Crippen LogP contribution in [0, 0.1) is 44.8 Å². The van der Waals surface area contributed by atoms with Crippen LogP contribution in [-0.4, -0.2) is 56.0 Å². The first-order valence-electron chi connectivity index (χ1n) is 14.4. The standard InChI is InChI=1S/C30H50O5/c1-24(2)20(33)8-11-30-16-29(30)13-12-26(5)23(28(7)10-9-21(35-28)25(3,4)34)18(32)15-27(26,6)19(29)14-17(31)22(24)30/h17-23,31-34H,8-16H2,1-7H3/t17-,18-,19-,20-,21-,22-,23?,26+,27-,28?,29-,30+/m0/s1. The summed E-state index contributed by atoms with van der Waals surface area (Å²) in [5.74, 6) is 0.577. The van der Waals surface area contributed by atoms with E-state index in [4.69, 9.17) is 4.74 Å². The third-order valence-electron chi connectivity index (χ3n) is 13.8. The molecule has 200 valence electrons. The number of rotatable bonds is 2. The van der Waals surface area contributed by atoms with Gasteiger partial charge in [0, 0.05) is 5.92 Å². The van der Waals surface area contributed by atoms with E-state index in [2.05, 4.69) is 34.6 Å². The quantitative estimate of drug-likeness (QED) is 0.460. The fourth-order valence-corrected chi connectivity index (χ4v) is 12.1. The van der Waals surface area contributed by atoms with Crippen molar-refractivity contribution in [2.24, 2.45) is 44.8 Å². The third kappa shape index (κ3) is 2.78. The van der Waals surface area contributed by atoms with Crippen molar-refractivity contribution in [1.82, 2.24) is 0 Å². The first-order valence-corrected chi connectivity index (χ1v) is 14.4. The number of fused-ring (bicyclic) bond motifs is 2. The van der Waals surface area contributed by atoms with Crippen molar-refractivity contribution in [3.63, 3.8) is 0 Å². The van der Waals surface area contributed by atoms with Crippen LogP contribution in [0.25, 0.3) is 0 Å². The second kappa shape index (κ2) is 6.86. The maximum atomic E-state index is 11.7. The summed E-state index contributed by atoms with van der Waals surface area (Å²) in [5.41, 5.74) is -1.35. The summed E-state index contributed by atoms with van der Waals surface area (Å²) in [6.45, 7) is 15.0. The molecule has 2 spiro atoms. The predicted octanol–water partition coefficient (Wildman–Crippen LogP) is 4.44. The maximum Gasteiger partial charge on any atom is 0.0865 e. The smallest absolute Gasteiger partial charge is 0.0865 e. The Morgan fingerprint density at radius 2 is 1.46 bits per heavy atom. The largest absolute Gasteiger partial charge is 0.393 e. The molecule has 0 aromatic rings. The summed E-state index contributed by atoms with van der Waals surface area (Å²) >= 11 is 0. The van der Waals surface area contributed by atoms with E-state index in [1.165, 1.54) is 6.42 Å². The summed E-state index contributed by atoms with van der Waals surface area (Å²) in [6, 6.07) is 0. The second-order valence-corrected chi connectivity index (χ2v) is 15.9. The van der Waals surface area contributed by atoms with Gasteiger partial charge in [-0.05, 0) is 117 Å². The summed E-state index contributed by atoms with van der Waals surface area (Å²) < 4.78 is 6.66. The van der Waals surface area contributed by atoms with Gasteiger partial charge in [-0.2, -0.15) is 0 Å². The average Bonchev–Trinajstić information content (AvgIpc) is 3.08. The fourth-order valence-electron chi connectivity index (χ4n) is 12.1. The van der Waals surface area contributed by atoms with Crippen molar-refractivity contribution >= 4 is 0 Å². The van der Waals surface area contributed by atoms with Crippen LogP contribution in [0.15, 0.2) is 0 Å². The molecular weight excluding hydrogens is 440 g/mol. The van der Waals surface area contributed by atoms with Crippen molar-refractivity contribution in [2.75, 3.05) is 0 Å². The molecule has 12 atom stereocenters. The fraction of sp³-hybridized carbons (Fsp3) is 1.00. The van der Waals surface area contributed by atoms with Crippen LogP contribution in [0.3, 0.4) is 0 Å². The lowest BCUT2D eigenvalue weighted by atomic mass is 9.41. The molecule has 1 aliphatic heterocycles. The molecule has 5 saturated carbocycles. The molecule has 5 aliphatic carbocycles. The van der Waals surface area contributed by atoms with Gasteiger partial charge in [-0.1, -0.05) is 27.7 Å². The van der Waals surface area contributed by atoms with E-state index in [9.17, 15) is 20.4 Å². The van der Waals surface area contributed by atoms with Crippen LogP contribution in [0.2, 0.25) is 0 Å². The lowest BCUT2D eigenvalue weighted by Crippen LogP contribution is -2.62.